The molecule has 0 amide bonds. The number of hydrogen-bond acceptors (Lipinski definition) is 3. The van der Waals surface area contributed by atoms with E-state index in [1.54, 1.807) is 6.20 Å². The van der Waals surface area contributed by atoms with Crippen molar-refractivity contribution in [2.24, 2.45) is 0 Å². The van der Waals surface area contributed by atoms with E-state index in [1.165, 1.54) is 0 Å². The minimum Gasteiger partial charge on any atom is -0.325 e. The van der Waals surface area contributed by atoms with Gasteiger partial charge in [-0.05, 0) is 29.8 Å². The predicted molar refractivity (Wildman–Crippen MR) is 63.2 cm³/mol. The summed E-state index contributed by atoms with van der Waals surface area (Å²) in [7, 11) is 0. The molecule has 0 radical (unpaired) electrons. The summed E-state index contributed by atoms with van der Waals surface area (Å²) in [6.45, 7) is 0. The number of nitrogens with zero attached hydrogens (tertiary/aromatic N) is 1. The molecule has 15 heavy (non-hydrogen) atoms. The van der Waals surface area contributed by atoms with Crippen LogP contribution < -0.4 is 0 Å². The number of rotatable bonds is 2. The summed E-state index contributed by atoms with van der Waals surface area (Å²) in [4.78, 5) is 4.81. The Balaban J connectivity index is 2.42. The summed E-state index contributed by atoms with van der Waals surface area (Å²) >= 11 is 6.70. The van der Waals surface area contributed by atoms with Crippen molar-refractivity contribution in [3.05, 3.63) is 47.7 Å². The van der Waals surface area contributed by atoms with Gasteiger partial charge in [0.15, 0.2) is 0 Å². The van der Waals surface area contributed by atoms with Crippen LogP contribution in [0, 0.1) is 0 Å². The molecule has 2 rings (SSSR count). The first-order chi connectivity index (χ1) is 7.31. The minimum atomic E-state index is 0.488. The van der Waals surface area contributed by atoms with E-state index in [2.05, 4.69) is 4.98 Å². The Bertz CT molecular complexity index is 458. The number of aromatic nitrogens is 1. The van der Waals surface area contributed by atoms with Crippen molar-refractivity contribution in [1.29, 1.82) is 0 Å². The van der Waals surface area contributed by atoms with Crippen molar-refractivity contribution in [3.8, 4) is 11.1 Å². The van der Waals surface area contributed by atoms with E-state index >= 15 is 0 Å². The zero-order valence-electron chi connectivity index (χ0n) is 7.72. The number of benzene rings is 1. The second kappa shape index (κ2) is 4.66. The van der Waals surface area contributed by atoms with Gasteiger partial charge in [-0.25, -0.2) is 4.98 Å². The third kappa shape index (κ3) is 2.31. The second-order valence-corrected chi connectivity index (χ2v) is 3.97. The maximum atomic E-state index is 8.83. The van der Waals surface area contributed by atoms with Gasteiger partial charge in [-0.2, -0.15) is 0 Å². The average Bonchev–Trinajstić information content (AvgIpc) is 2.30. The lowest BCUT2D eigenvalue weighted by molar-refractivity contribution is 0.664. The van der Waals surface area contributed by atoms with Crippen LogP contribution in [0.1, 0.15) is 0 Å². The molecule has 0 aliphatic carbocycles. The zero-order chi connectivity index (χ0) is 10.7. The third-order valence-corrected chi connectivity index (χ3v) is 2.81. The molecule has 4 heteroatoms. The summed E-state index contributed by atoms with van der Waals surface area (Å²) in [6.07, 6.45) is 1.66. The molecule has 76 valence electrons. The van der Waals surface area contributed by atoms with Crippen LogP contribution in [0.5, 0.6) is 0 Å². The topological polar surface area (TPSA) is 33.1 Å². The van der Waals surface area contributed by atoms with Gasteiger partial charge in [0.2, 0.25) is 0 Å². The van der Waals surface area contributed by atoms with Gasteiger partial charge in [-0.1, -0.05) is 23.7 Å². The minimum absolute atomic E-state index is 0.488. The van der Waals surface area contributed by atoms with Gasteiger partial charge in [0.25, 0.3) is 0 Å². The van der Waals surface area contributed by atoms with E-state index in [0.717, 1.165) is 28.1 Å². The van der Waals surface area contributed by atoms with Crippen molar-refractivity contribution >= 4 is 23.6 Å². The Morgan fingerprint density at radius 2 is 1.87 bits per heavy atom. The van der Waals surface area contributed by atoms with E-state index in [9.17, 15) is 0 Å². The number of hydrogen-bond donors (Lipinski definition) is 1. The fourth-order valence-electron chi connectivity index (χ4n) is 1.30. The third-order valence-electron chi connectivity index (χ3n) is 2.03. The van der Waals surface area contributed by atoms with Gasteiger partial charge in [-0.15, -0.1) is 0 Å². The Labute approximate surface area is 97.1 Å². The molecular weight excluding hydrogens is 230 g/mol. The molecule has 0 atom stereocenters. The van der Waals surface area contributed by atoms with Crippen molar-refractivity contribution in [1.82, 2.24) is 4.98 Å². The van der Waals surface area contributed by atoms with E-state index in [4.69, 9.17) is 16.2 Å². The molecule has 2 nitrogen and oxygen atoms in total. The van der Waals surface area contributed by atoms with Gasteiger partial charge in [-0.3, -0.25) is 0 Å². The highest BCUT2D eigenvalue weighted by Crippen LogP contribution is 2.27. The summed E-state index contributed by atoms with van der Waals surface area (Å²) < 4.78 is 8.83. The molecule has 0 aliphatic rings. The smallest absolute Gasteiger partial charge is 0.136 e. The van der Waals surface area contributed by atoms with Crippen LogP contribution >= 0.6 is 23.6 Å². The van der Waals surface area contributed by atoms with Crippen LogP contribution in [0.2, 0.25) is 5.15 Å². The molecule has 2 aromatic rings. The van der Waals surface area contributed by atoms with E-state index in [1.807, 2.05) is 36.4 Å². The van der Waals surface area contributed by atoms with Crippen molar-refractivity contribution in [2.75, 3.05) is 0 Å². The fourth-order valence-corrected chi connectivity index (χ4v) is 1.78. The maximum Gasteiger partial charge on any atom is 0.136 e. The number of pyridine rings is 1. The SMILES string of the molecule is OSc1ccc(-c2cccnc2Cl)cc1. The Morgan fingerprint density at radius 1 is 1.13 bits per heavy atom. The molecule has 0 bridgehead atoms. The molecule has 0 unspecified atom stereocenters. The first-order valence-electron chi connectivity index (χ1n) is 4.33. The van der Waals surface area contributed by atoms with Crippen molar-refractivity contribution in [2.45, 2.75) is 4.90 Å². The monoisotopic (exact) mass is 237 g/mol. The maximum absolute atomic E-state index is 8.83. The van der Waals surface area contributed by atoms with Crippen molar-refractivity contribution in [3.63, 3.8) is 0 Å². The zero-order valence-corrected chi connectivity index (χ0v) is 9.29. The quantitative estimate of drug-likeness (QED) is 0.634. The molecule has 0 saturated heterocycles. The fraction of sp³-hybridized carbons (Fsp3) is 0. The van der Waals surface area contributed by atoms with Crippen LogP contribution in [0.3, 0.4) is 0 Å². The normalized spacial score (nSPS) is 10.3. The van der Waals surface area contributed by atoms with Crippen molar-refractivity contribution < 1.29 is 4.55 Å². The van der Waals surface area contributed by atoms with Crippen LogP contribution in [-0.2, 0) is 0 Å². The van der Waals surface area contributed by atoms with E-state index < -0.39 is 0 Å². The van der Waals surface area contributed by atoms with Gasteiger partial charge in [0.05, 0.1) is 0 Å². The van der Waals surface area contributed by atoms with Gasteiger partial charge >= 0.3 is 0 Å². The average molecular weight is 238 g/mol. The first-order valence-corrected chi connectivity index (χ1v) is 5.49. The highest BCUT2D eigenvalue weighted by molar-refractivity contribution is 7.93. The molecule has 0 saturated carbocycles. The van der Waals surface area contributed by atoms with Crippen LogP contribution in [0.4, 0.5) is 0 Å². The summed E-state index contributed by atoms with van der Waals surface area (Å²) in [5.41, 5.74) is 1.89. The lowest BCUT2D eigenvalue weighted by Gasteiger charge is -2.03. The lowest BCUT2D eigenvalue weighted by atomic mass is 10.1. The van der Waals surface area contributed by atoms with Crippen LogP contribution in [-0.4, -0.2) is 9.54 Å². The van der Waals surface area contributed by atoms with Gasteiger partial charge in [0.1, 0.15) is 5.15 Å². The largest absolute Gasteiger partial charge is 0.325 e. The standard InChI is InChI=1S/C11H8ClNOS/c12-11-10(2-1-7-13-11)8-3-5-9(15-14)6-4-8/h1-7,14H. The summed E-state index contributed by atoms with van der Waals surface area (Å²) in [5, 5.41) is 0.488. The molecule has 1 aromatic carbocycles. The predicted octanol–water partition coefficient (Wildman–Crippen LogP) is 3.97. The summed E-state index contributed by atoms with van der Waals surface area (Å²) in [5.74, 6) is 0. The first kappa shape index (κ1) is 10.5. The summed E-state index contributed by atoms with van der Waals surface area (Å²) in [6, 6.07) is 11.2. The van der Waals surface area contributed by atoms with Gasteiger partial charge in [0, 0.05) is 28.7 Å². The molecule has 1 N–H and O–H groups in total. The number of halogens is 1. The molecule has 1 heterocycles. The highest BCUT2D eigenvalue weighted by Gasteiger charge is 2.03. The Hall–Kier alpha value is -1.03. The van der Waals surface area contributed by atoms with E-state index in [0.29, 0.717) is 5.15 Å². The lowest BCUT2D eigenvalue weighted by Crippen LogP contribution is -1.82. The second-order valence-electron chi connectivity index (χ2n) is 2.96. The van der Waals surface area contributed by atoms with E-state index in [-0.39, 0.29) is 0 Å². The Morgan fingerprint density at radius 3 is 2.47 bits per heavy atom. The van der Waals surface area contributed by atoms with Gasteiger partial charge < -0.3 is 4.55 Å². The molecule has 0 fully saturated rings. The molecule has 0 aliphatic heterocycles. The van der Waals surface area contributed by atoms with Crippen LogP contribution in [0.15, 0.2) is 47.5 Å². The highest BCUT2D eigenvalue weighted by atomic mass is 35.5. The molecule has 0 spiro atoms. The Kier molecular flexibility index (Phi) is 3.26. The molecular formula is C11H8ClNOS. The molecule has 1 aromatic heterocycles. The van der Waals surface area contributed by atoms with Crippen LogP contribution in [0.25, 0.3) is 11.1 Å².